The molecule has 0 aromatic carbocycles. The van der Waals surface area contributed by atoms with Crippen LogP contribution in [0.5, 0.6) is 0 Å². The fourth-order valence-electron chi connectivity index (χ4n) is 2.21. The van der Waals surface area contributed by atoms with Crippen LogP contribution in [-0.2, 0) is 0 Å². The van der Waals surface area contributed by atoms with Gasteiger partial charge in [0.2, 0.25) is 5.13 Å². The number of nitrogens with zero attached hydrogens (tertiary/aromatic N) is 2. The van der Waals surface area contributed by atoms with E-state index in [0.29, 0.717) is 6.04 Å². The maximum absolute atomic E-state index is 4.06. The molecule has 1 aromatic heterocycles. The van der Waals surface area contributed by atoms with Gasteiger partial charge in [-0.2, -0.15) is 0 Å². The lowest BCUT2D eigenvalue weighted by atomic mass is 9.85. The van der Waals surface area contributed by atoms with Crippen molar-refractivity contribution in [2.45, 2.75) is 45.1 Å². The van der Waals surface area contributed by atoms with Gasteiger partial charge in [-0.3, -0.25) is 0 Å². The second-order valence-electron chi connectivity index (χ2n) is 4.19. The van der Waals surface area contributed by atoms with Gasteiger partial charge in [0.05, 0.1) is 0 Å². The normalized spacial score (nSPS) is 20.1. The molecule has 5 heteroatoms. The molecular weight excluding hydrogens is 274 g/mol. The summed E-state index contributed by atoms with van der Waals surface area (Å²) in [6.07, 6.45) is 6.89. The summed E-state index contributed by atoms with van der Waals surface area (Å²) in [6.45, 7) is 2.26. The molecule has 1 aromatic rings. The van der Waals surface area contributed by atoms with E-state index in [4.69, 9.17) is 0 Å². The molecule has 1 heterocycles. The first-order chi connectivity index (χ1) is 7.25. The van der Waals surface area contributed by atoms with Crippen molar-refractivity contribution in [1.29, 1.82) is 0 Å². The molecule has 0 bridgehead atoms. The Kier molecular flexibility index (Phi) is 3.97. The molecule has 0 amide bonds. The van der Waals surface area contributed by atoms with E-state index in [1.807, 2.05) is 0 Å². The summed E-state index contributed by atoms with van der Waals surface area (Å²) >= 11 is 4.89. The minimum absolute atomic E-state index is 0.519. The minimum atomic E-state index is 0.519. The fraction of sp³-hybridized carbons (Fsp3) is 0.800. The molecule has 0 saturated heterocycles. The lowest BCUT2D eigenvalue weighted by Crippen LogP contribution is -2.27. The second kappa shape index (κ2) is 5.25. The van der Waals surface area contributed by atoms with Crippen LogP contribution < -0.4 is 5.32 Å². The summed E-state index contributed by atoms with van der Waals surface area (Å²) in [4.78, 5) is 0. The molecule has 1 fully saturated rings. The van der Waals surface area contributed by atoms with E-state index in [1.165, 1.54) is 32.1 Å². The highest BCUT2D eigenvalue weighted by Crippen LogP contribution is 2.29. The van der Waals surface area contributed by atoms with Gasteiger partial charge >= 0.3 is 0 Å². The fourth-order valence-corrected chi connectivity index (χ4v) is 3.32. The van der Waals surface area contributed by atoms with Gasteiger partial charge in [0.25, 0.3) is 0 Å². The Morgan fingerprint density at radius 1 is 1.33 bits per heavy atom. The summed E-state index contributed by atoms with van der Waals surface area (Å²) in [7, 11) is 0. The first kappa shape index (κ1) is 11.3. The SMILES string of the molecule is CC(Nc1nnc(Br)s1)C1CCCCC1. The van der Waals surface area contributed by atoms with Crippen molar-refractivity contribution < 1.29 is 0 Å². The van der Waals surface area contributed by atoms with Crippen LogP contribution in [0.25, 0.3) is 0 Å². The van der Waals surface area contributed by atoms with Crippen molar-refractivity contribution in [1.82, 2.24) is 10.2 Å². The van der Waals surface area contributed by atoms with E-state index in [9.17, 15) is 0 Å². The average Bonchev–Trinajstić information content (AvgIpc) is 2.65. The maximum Gasteiger partial charge on any atom is 0.206 e. The summed E-state index contributed by atoms with van der Waals surface area (Å²) in [5.41, 5.74) is 0. The predicted molar refractivity (Wildman–Crippen MR) is 67.3 cm³/mol. The molecule has 1 aliphatic carbocycles. The van der Waals surface area contributed by atoms with Crippen LogP contribution >= 0.6 is 27.3 Å². The van der Waals surface area contributed by atoms with Crippen LogP contribution in [0.1, 0.15) is 39.0 Å². The molecule has 1 atom stereocenters. The first-order valence-electron chi connectivity index (χ1n) is 5.51. The molecule has 84 valence electrons. The Balaban J connectivity index is 1.88. The molecule has 0 radical (unpaired) electrons. The molecule has 1 unspecified atom stereocenters. The van der Waals surface area contributed by atoms with Crippen LogP contribution in [0.4, 0.5) is 5.13 Å². The number of hydrogen-bond acceptors (Lipinski definition) is 4. The zero-order chi connectivity index (χ0) is 10.7. The molecule has 0 aliphatic heterocycles. The highest BCUT2D eigenvalue weighted by Gasteiger charge is 2.20. The van der Waals surface area contributed by atoms with Crippen molar-refractivity contribution in [3.63, 3.8) is 0 Å². The Bertz CT molecular complexity index is 309. The Morgan fingerprint density at radius 2 is 2.07 bits per heavy atom. The topological polar surface area (TPSA) is 37.8 Å². The number of anilines is 1. The lowest BCUT2D eigenvalue weighted by molar-refractivity contribution is 0.328. The van der Waals surface area contributed by atoms with Gasteiger partial charge in [-0.25, -0.2) is 0 Å². The van der Waals surface area contributed by atoms with Crippen molar-refractivity contribution in [2.75, 3.05) is 5.32 Å². The van der Waals surface area contributed by atoms with Crippen LogP contribution in [0, 0.1) is 5.92 Å². The lowest BCUT2D eigenvalue weighted by Gasteiger charge is -2.27. The summed E-state index contributed by atoms with van der Waals surface area (Å²) < 4.78 is 0.848. The van der Waals surface area contributed by atoms with Gasteiger partial charge in [0.1, 0.15) is 0 Å². The molecule has 15 heavy (non-hydrogen) atoms. The largest absolute Gasteiger partial charge is 0.357 e. The van der Waals surface area contributed by atoms with Gasteiger partial charge in [0, 0.05) is 6.04 Å². The van der Waals surface area contributed by atoms with Gasteiger partial charge < -0.3 is 5.32 Å². The van der Waals surface area contributed by atoms with E-state index in [-0.39, 0.29) is 0 Å². The smallest absolute Gasteiger partial charge is 0.206 e. The molecular formula is C10H16BrN3S. The third-order valence-electron chi connectivity index (χ3n) is 3.11. The summed E-state index contributed by atoms with van der Waals surface area (Å²) in [5.74, 6) is 0.807. The van der Waals surface area contributed by atoms with Crippen LogP contribution in [0.2, 0.25) is 0 Å². The number of rotatable bonds is 3. The standard InChI is InChI=1S/C10H16BrN3S/c1-7(8-5-3-2-4-6-8)12-10-14-13-9(11)15-10/h7-8H,2-6H2,1H3,(H,12,14). The van der Waals surface area contributed by atoms with Gasteiger partial charge in [-0.15, -0.1) is 10.2 Å². The number of hydrogen-bond donors (Lipinski definition) is 1. The van der Waals surface area contributed by atoms with E-state index < -0.39 is 0 Å². The average molecular weight is 290 g/mol. The van der Waals surface area contributed by atoms with E-state index in [0.717, 1.165) is 15.0 Å². The van der Waals surface area contributed by atoms with E-state index in [2.05, 4.69) is 38.4 Å². The van der Waals surface area contributed by atoms with E-state index in [1.54, 1.807) is 11.3 Å². The van der Waals surface area contributed by atoms with Crippen LogP contribution in [-0.4, -0.2) is 16.2 Å². The summed E-state index contributed by atoms with van der Waals surface area (Å²) in [5, 5.41) is 12.4. The molecule has 1 N–H and O–H groups in total. The van der Waals surface area contributed by atoms with E-state index >= 15 is 0 Å². The quantitative estimate of drug-likeness (QED) is 0.922. The highest BCUT2D eigenvalue weighted by molar-refractivity contribution is 9.11. The van der Waals surface area contributed by atoms with Crippen LogP contribution in [0.15, 0.2) is 3.92 Å². The zero-order valence-electron chi connectivity index (χ0n) is 8.87. The monoisotopic (exact) mass is 289 g/mol. The predicted octanol–water partition coefficient (Wildman–Crippen LogP) is 3.68. The number of nitrogens with one attached hydrogen (secondary N) is 1. The van der Waals surface area contributed by atoms with Crippen molar-refractivity contribution in [3.8, 4) is 0 Å². The van der Waals surface area contributed by atoms with Gasteiger partial charge in [-0.05, 0) is 41.6 Å². The number of aromatic nitrogens is 2. The maximum atomic E-state index is 4.06. The molecule has 1 saturated carbocycles. The first-order valence-corrected chi connectivity index (χ1v) is 7.12. The van der Waals surface area contributed by atoms with Crippen molar-refractivity contribution in [3.05, 3.63) is 3.92 Å². The minimum Gasteiger partial charge on any atom is -0.357 e. The number of halogens is 1. The Morgan fingerprint density at radius 3 is 2.67 bits per heavy atom. The molecule has 0 spiro atoms. The summed E-state index contributed by atoms with van der Waals surface area (Å²) in [6, 6.07) is 0.519. The molecule has 1 aliphatic rings. The van der Waals surface area contributed by atoms with Gasteiger partial charge in [0.15, 0.2) is 3.92 Å². The third-order valence-corrected chi connectivity index (χ3v) is 4.40. The zero-order valence-corrected chi connectivity index (χ0v) is 11.3. The van der Waals surface area contributed by atoms with Crippen molar-refractivity contribution in [2.24, 2.45) is 5.92 Å². The Labute approximate surface area is 103 Å². The highest BCUT2D eigenvalue weighted by atomic mass is 79.9. The van der Waals surface area contributed by atoms with Crippen molar-refractivity contribution >= 4 is 32.4 Å². The van der Waals surface area contributed by atoms with Crippen LogP contribution in [0.3, 0.4) is 0 Å². The second-order valence-corrected chi connectivity index (χ2v) is 6.44. The Hall–Kier alpha value is -0.160. The van der Waals surface area contributed by atoms with Gasteiger partial charge in [-0.1, -0.05) is 30.6 Å². The third kappa shape index (κ3) is 3.14. The molecule has 3 nitrogen and oxygen atoms in total. The molecule has 2 rings (SSSR count).